The number of rotatable bonds is 3. The summed E-state index contributed by atoms with van der Waals surface area (Å²) in [6.07, 6.45) is 4.01. The highest BCUT2D eigenvalue weighted by Crippen LogP contribution is 2.29. The molecule has 0 radical (unpaired) electrons. The number of hydrogen-bond acceptors (Lipinski definition) is 1. The van der Waals surface area contributed by atoms with Crippen molar-refractivity contribution >= 4 is 15.9 Å². The van der Waals surface area contributed by atoms with Crippen LogP contribution in [0.4, 0.5) is 0 Å². The zero-order chi connectivity index (χ0) is 9.84. The van der Waals surface area contributed by atoms with Crippen LogP contribution in [0.1, 0.15) is 33.1 Å². The van der Waals surface area contributed by atoms with Gasteiger partial charge in [0.25, 0.3) is 0 Å². The molecule has 0 spiro atoms. The zero-order valence-corrected chi connectivity index (χ0v) is 10.2. The van der Waals surface area contributed by atoms with Crippen molar-refractivity contribution in [3.8, 4) is 0 Å². The summed E-state index contributed by atoms with van der Waals surface area (Å²) in [4.78, 5) is 0. The third kappa shape index (κ3) is 3.82. The van der Waals surface area contributed by atoms with E-state index in [0.717, 1.165) is 22.9 Å². The number of halogens is 1. The third-order valence-corrected chi connectivity index (χ3v) is 3.46. The van der Waals surface area contributed by atoms with Gasteiger partial charge in [-0.15, -0.1) is 0 Å². The van der Waals surface area contributed by atoms with Gasteiger partial charge in [0.05, 0.1) is 0 Å². The fourth-order valence-corrected chi connectivity index (χ4v) is 2.15. The second-order valence-electron chi connectivity index (χ2n) is 4.36. The van der Waals surface area contributed by atoms with Crippen LogP contribution >= 0.6 is 15.9 Å². The Hall–Kier alpha value is 0.180. The molecule has 0 aromatic carbocycles. The van der Waals surface area contributed by atoms with Gasteiger partial charge in [0.1, 0.15) is 0 Å². The summed E-state index contributed by atoms with van der Waals surface area (Å²) in [6.45, 7) is 9.46. The van der Waals surface area contributed by atoms with Gasteiger partial charge in [0.2, 0.25) is 0 Å². The average molecular weight is 246 g/mol. The van der Waals surface area contributed by atoms with Gasteiger partial charge in [0, 0.05) is 17.1 Å². The van der Waals surface area contributed by atoms with E-state index in [0.29, 0.717) is 6.04 Å². The Bertz CT molecular complexity index is 179. The second kappa shape index (κ2) is 5.16. The predicted octanol–water partition coefficient (Wildman–Crippen LogP) is 3.31. The molecule has 13 heavy (non-hydrogen) atoms. The van der Waals surface area contributed by atoms with Gasteiger partial charge in [0.15, 0.2) is 0 Å². The molecule has 1 fully saturated rings. The van der Waals surface area contributed by atoms with E-state index in [9.17, 15) is 0 Å². The van der Waals surface area contributed by atoms with Crippen molar-refractivity contribution in [3.63, 3.8) is 0 Å². The maximum absolute atomic E-state index is 3.83. The fraction of sp³-hybridized carbons (Fsp3) is 0.818. The first-order chi connectivity index (χ1) is 6.09. The zero-order valence-electron chi connectivity index (χ0n) is 8.65. The van der Waals surface area contributed by atoms with Gasteiger partial charge in [-0.2, -0.15) is 0 Å². The largest absolute Gasteiger partial charge is 0.309 e. The molecule has 1 aliphatic carbocycles. The van der Waals surface area contributed by atoms with Crippen molar-refractivity contribution in [2.24, 2.45) is 11.8 Å². The van der Waals surface area contributed by atoms with Gasteiger partial charge < -0.3 is 5.32 Å². The summed E-state index contributed by atoms with van der Waals surface area (Å²) in [5, 5.41) is 3.53. The van der Waals surface area contributed by atoms with Gasteiger partial charge in [-0.1, -0.05) is 36.4 Å². The van der Waals surface area contributed by atoms with Crippen molar-refractivity contribution < 1.29 is 0 Å². The minimum atomic E-state index is 0.709. The fourth-order valence-electron chi connectivity index (χ4n) is 1.99. The molecule has 0 aliphatic heterocycles. The van der Waals surface area contributed by atoms with E-state index in [-0.39, 0.29) is 0 Å². The SMILES string of the molecule is C=C(Br)CNC1CCC(C)C(C)C1. The molecular weight excluding hydrogens is 226 g/mol. The first kappa shape index (κ1) is 11.3. The minimum Gasteiger partial charge on any atom is -0.309 e. The maximum Gasteiger partial charge on any atom is 0.0268 e. The Labute approximate surface area is 90.1 Å². The molecule has 3 atom stereocenters. The molecule has 1 nitrogen and oxygen atoms in total. The Balaban J connectivity index is 2.25. The molecule has 0 bridgehead atoms. The molecule has 76 valence electrons. The Morgan fingerprint density at radius 1 is 1.38 bits per heavy atom. The Morgan fingerprint density at radius 2 is 2.08 bits per heavy atom. The summed E-state index contributed by atoms with van der Waals surface area (Å²) < 4.78 is 1.05. The molecule has 0 amide bonds. The molecule has 3 unspecified atom stereocenters. The van der Waals surface area contributed by atoms with Crippen molar-refractivity contribution in [2.75, 3.05) is 6.54 Å². The van der Waals surface area contributed by atoms with Crippen LogP contribution in [0.3, 0.4) is 0 Å². The highest BCUT2D eigenvalue weighted by molar-refractivity contribution is 9.11. The molecule has 0 heterocycles. The molecular formula is C11H20BrN. The summed E-state index contributed by atoms with van der Waals surface area (Å²) in [6, 6.07) is 0.709. The maximum atomic E-state index is 3.83. The number of hydrogen-bond donors (Lipinski definition) is 1. The Kier molecular flexibility index (Phi) is 4.47. The molecule has 0 aromatic heterocycles. The normalized spacial score (nSPS) is 34.5. The monoisotopic (exact) mass is 245 g/mol. The van der Waals surface area contributed by atoms with Crippen LogP contribution in [-0.2, 0) is 0 Å². The van der Waals surface area contributed by atoms with Crippen molar-refractivity contribution in [3.05, 3.63) is 11.1 Å². The predicted molar refractivity (Wildman–Crippen MR) is 62.0 cm³/mol. The first-order valence-corrected chi connectivity index (χ1v) is 5.95. The molecule has 1 rings (SSSR count). The Morgan fingerprint density at radius 3 is 2.62 bits per heavy atom. The van der Waals surface area contributed by atoms with E-state index in [1.807, 2.05) is 0 Å². The molecule has 1 saturated carbocycles. The van der Waals surface area contributed by atoms with Crippen LogP contribution < -0.4 is 5.32 Å². The third-order valence-electron chi connectivity index (χ3n) is 3.18. The van der Waals surface area contributed by atoms with E-state index < -0.39 is 0 Å². The van der Waals surface area contributed by atoms with E-state index in [1.54, 1.807) is 0 Å². The van der Waals surface area contributed by atoms with Crippen molar-refractivity contribution in [1.29, 1.82) is 0 Å². The first-order valence-electron chi connectivity index (χ1n) is 5.16. The molecule has 2 heteroatoms. The number of nitrogens with one attached hydrogen (secondary N) is 1. The van der Waals surface area contributed by atoms with Gasteiger partial charge in [-0.25, -0.2) is 0 Å². The van der Waals surface area contributed by atoms with Crippen LogP contribution in [-0.4, -0.2) is 12.6 Å². The quantitative estimate of drug-likeness (QED) is 0.805. The van der Waals surface area contributed by atoms with Crippen molar-refractivity contribution in [1.82, 2.24) is 5.32 Å². The van der Waals surface area contributed by atoms with Gasteiger partial charge in [-0.05, 0) is 31.1 Å². The molecule has 0 saturated heterocycles. The summed E-state index contributed by atoms with van der Waals surface area (Å²) in [5.74, 6) is 1.78. The van der Waals surface area contributed by atoms with Crippen LogP contribution in [0.15, 0.2) is 11.1 Å². The van der Waals surface area contributed by atoms with Crippen molar-refractivity contribution in [2.45, 2.75) is 39.2 Å². The van der Waals surface area contributed by atoms with E-state index >= 15 is 0 Å². The second-order valence-corrected chi connectivity index (χ2v) is 5.48. The molecule has 0 aromatic rings. The minimum absolute atomic E-state index is 0.709. The average Bonchev–Trinajstić information content (AvgIpc) is 2.07. The lowest BCUT2D eigenvalue weighted by Crippen LogP contribution is -2.36. The van der Waals surface area contributed by atoms with E-state index in [2.05, 4.69) is 41.7 Å². The topological polar surface area (TPSA) is 12.0 Å². The lowest BCUT2D eigenvalue weighted by molar-refractivity contribution is 0.230. The summed E-state index contributed by atoms with van der Waals surface area (Å²) in [5.41, 5.74) is 0. The summed E-state index contributed by atoms with van der Waals surface area (Å²) >= 11 is 3.37. The van der Waals surface area contributed by atoms with Crippen LogP contribution in [0.25, 0.3) is 0 Å². The lowest BCUT2D eigenvalue weighted by Gasteiger charge is -2.32. The van der Waals surface area contributed by atoms with Gasteiger partial charge >= 0.3 is 0 Å². The van der Waals surface area contributed by atoms with Crippen LogP contribution in [0, 0.1) is 11.8 Å². The van der Waals surface area contributed by atoms with E-state index in [4.69, 9.17) is 0 Å². The van der Waals surface area contributed by atoms with Gasteiger partial charge in [-0.3, -0.25) is 0 Å². The molecule has 1 N–H and O–H groups in total. The van der Waals surface area contributed by atoms with Crippen LogP contribution in [0.2, 0.25) is 0 Å². The van der Waals surface area contributed by atoms with Crippen LogP contribution in [0.5, 0.6) is 0 Å². The smallest absolute Gasteiger partial charge is 0.0268 e. The highest BCUT2D eigenvalue weighted by Gasteiger charge is 2.23. The standard InChI is InChI=1S/C11H20BrN/c1-8-4-5-11(6-9(8)2)13-7-10(3)12/h8-9,11,13H,3-7H2,1-2H3. The summed E-state index contributed by atoms with van der Waals surface area (Å²) in [7, 11) is 0. The highest BCUT2D eigenvalue weighted by atomic mass is 79.9. The molecule has 1 aliphatic rings. The lowest BCUT2D eigenvalue weighted by atomic mass is 9.79. The van der Waals surface area contributed by atoms with E-state index in [1.165, 1.54) is 19.3 Å².